The Morgan fingerprint density at radius 3 is 2.27 bits per heavy atom. The Morgan fingerprint density at radius 2 is 1.87 bits per heavy atom. The second-order valence-electron chi connectivity index (χ2n) is 3.13. The number of rotatable bonds is 4. The van der Waals surface area contributed by atoms with E-state index in [0.29, 0.717) is 5.56 Å². The van der Waals surface area contributed by atoms with E-state index in [-0.39, 0.29) is 0 Å². The summed E-state index contributed by atoms with van der Waals surface area (Å²) in [6.07, 6.45) is -1.29. The predicted molar refractivity (Wildman–Crippen MR) is 54.4 cm³/mol. The fourth-order valence-electron chi connectivity index (χ4n) is 1.28. The lowest BCUT2D eigenvalue weighted by Crippen LogP contribution is -2.34. The van der Waals surface area contributed by atoms with Gasteiger partial charge in [0.2, 0.25) is 0 Å². The van der Waals surface area contributed by atoms with Gasteiger partial charge in [0.25, 0.3) is 0 Å². The van der Waals surface area contributed by atoms with E-state index in [1.54, 1.807) is 30.3 Å². The van der Waals surface area contributed by atoms with Gasteiger partial charge in [-0.15, -0.1) is 0 Å². The lowest BCUT2D eigenvalue weighted by molar-refractivity contribution is -0.142. The minimum absolute atomic E-state index is 0.431. The number of carboxylic acids is 1. The summed E-state index contributed by atoms with van der Waals surface area (Å²) in [5, 5.41) is 25.6. The van der Waals surface area contributed by atoms with E-state index in [1.807, 2.05) is 0 Å². The molecule has 0 aliphatic carbocycles. The first kappa shape index (κ1) is 11.2. The van der Waals surface area contributed by atoms with E-state index in [1.165, 1.54) is 0 Å². The minimum atomic E-state index is -1.40. The van der Waals surface area contributed by atoms with Gasteiger partial charge < -0.3 is 15.9 Å². The van der Waals surface area contributed by atoms with Gasteiger partial charge in [-0.25, -0.2) is 0 Å². The molecule has 0 aliphatic heterocycles. The van der Waals surface area contributed by atoms with Crippen LogP contribution in [0.15, 0.2) is 30.3 Å². The summed E-state index contributed by atoms with van der Waals surface area (Å²) in [6, 6.07) is 8.28. The summed E-state index contributed by atoms with van der Waals surface area (Å²) in [6.45, 7) is 0. The largest absolute Gasteiger partial charge is 0.481 e. The summed E-state index contributed by atoms with van der Waals surface area (Å²) in [7, 11) is 0. The zero-order chi connectivity index (χ0) is 11.4. The minimum Gasteiger partial charge on any atom is -0.481 e. The normalized spacial score (nSPS) is 14.2. The standard InChI is InChI=1S/C10H12N2O3/c11-9(12)7(10(14)15)8(13)6-4-2-1-3-5-6/h1-5,7-8,13H,(H3,11,12)(H,14,15). The molecule has 2 atom stereocenters. The van der Waals surface area contributed by atoms with Crippen molar-refractivity contribution in [3.05, 3.63) is 35.9 Å². The molecule has 0 fully saturated rings. The average Bonchev–Trinajstić information content (AvgIpc) is 2.18. The number of aliphatic carboxylic acids is 1. The van der Waals surface area contributed by atoms with E-state index < -0.39 is 23.8 Å². The third-order valence-corrected chi connectivity index (χ3v) is 2.06. The van der Waals surface area contributed by atoms with Crippen LogP contribution in [0.1, 0.15) is 11.7 Å². The maximum atomic E-state index is 10.8. The van der Waals surface area contributed by atoms with Crippen molar-refractivity contribution in [2.45, 2.75) is 6.10 Å². The van der Waals surface area contributed by atoms with Crippen molar-refractivity contribution in [1.29, 1.82) is 5.41 Å². The van der Waals surface area contributed by atoms with Crippen LogP contribution >= 0.6 is 0 Å². The van der Waals surface area contributed by atoms with Gasteiger partial charge in [0, 0.05) is 0 Å². The van der Waals surface area contributed by atoms with Crippen molar-refractivity contribution >= 4 is 11.8 Å². The van der Waals surface area contributed by atoms with Gasteiger partial charge in [0.15, 0.2) is 0 Å². The third-order valence-electron chi connectivity index (χ3n) is 2.06. The summed E-state index contributed by atoms with van der Waals surface area (Å²) >= 11 is 0. The fourth-order valence-corrected chi connectivity index (χ4v) is 1.28. The molecular formula is C10H12N2O3. The van der Waals surface area contributed by atoms with Gasteiger partial charge in [-0.3, -0.25) is 10.2 Å². The van der Waals surface area contributed by atoms with Crippen LogP contribution < -0.4 is 5.73 Å². The summed E-state index contributed by atoms with van der Waals surface area (Å²) in [4.78, 5) is 10.8. The zero-order valence-corrected chi connectivity index (χ0v) is 7.92. The highest BCUT2D eigenvalue weighted by Gasteiger charge is 2.30. The summed E-state index contributed by atoms with van der Waals surface area (Å²) in [5.74, 6) is -3.26. The van der Waals surface area contributed by atoms with E-state index in [9.17, 15) is 9.90 Å². The molecule has 1 rings (SSSR count). The molecule has 0 radical (unpaired) electrons. The number of nitrogens with two attached hydrogens (primary N) is 1. The molecule has 5 nitrogen and oxygen atoms in total. The summed E-state index contributed by atoms with van der Waals surface area (Å²) in [5.41, 5.74) is 5.55. The van der Waals surface area contributed by atoms with Crippen LogP contribution in [0.4, 0.5) is 0 Å². The Labute approximate surface area is 86.7 Å². The molecule has 5 heteroatoms. The number of aliphatic hydroxyl groups excluding tert-OH is 1. The maximum Gasteiger partial charge on any atom is 0.317 e. The van der Waals surface area contributed by atoms with Crippen LogP contribution in [-0.2, 0) is 4.79 Å². The number of carboxylic acid groups (broad SMARTS) is 1. The second kappa shape index (κ2) is 4.56. The molecule has 2 unspecified atom stereocenters. The van der Waals surface area contributed by atoms with Crippen LogP contribution in [0.25, 0.3) is 0 Å². The van der Waals surface area contributed by atoms with E-state index in [0.717, 1.165) is 0 Å². The SMILES string of the molecule is N=C(N)C(C(=O)O)C(O)c1ccccc1. The van der Waals surface area contributed by atoms with Gasteiger partial charge in [0.1, 0.15) is 11.8 Å². The molecule has 80 valence electrons. The molecule has 0 saturated carbocycles. The van der Waals surface area contributed by atoms with Crippen molar-refractivity contribution in [2.75, 3.05) is 0 Å². The third kappa shape index (κ3) is 2.54. The Morgan fingerprint density at radius 1 is 1.33 bits per heavy atom. The maximum absolute atomic E-state index is 10.8. The van der Waals surface area contributed by atoms with Gasteiger partial charge in [0.05, 0.1) is 6.10 Å². The Kier molecular flexibility index (Phi) is 3.41. The Hall–Kier alpha value is -1.88. The lowest BCUT2D eigenvalue weighted by Gasteiger charge is -2.17. The highest BCUT2D eigenvalue weighted by Crippen LogP contribution is 2.21. The predicted octanol–water partition coefficient (Wildman–Crippen LogP) is 0.357. The number of benzene rings is 1. The number of hydrogen-bond donors (Lipinski definition) is 4. The van der Waals surface area contributed by atoms with Crippen LogP contribution in [0.3, 0.4) is 0 Å². The molecule has 0 bridgehead atoms. The number of amidine groups is 1. The van der Waals surface area contributed by atoms with E-state index >= 15 is 0 Å². The van der Waals surface area contributed by atoms with Crippen LogP contribution in [-0.4, -0.2) is 22.0 Å². The molecule has 0 saturated heterocycles. The van der Waals surface area contributed by atoms with Crippen LogP contribution in [0.5, 0.6) is 0 Å². The molecule has 0 aromatic heterocycles. The molecule has 0 heterocycles. The quantitative estimate of drug-likeness (QED) is 0.423. The molecule has 0 amide bonds. The molecule has 0 aliphatic rings. The highest BCUT2D eigenvalue weighted by atomic mass is 16.4. The van der Waals surface area contributed by atoms with E-state index in [4.69, 9.17) is 16.2 Å². The number of carbonyl (C=O) groups is 1. The first-order valence-corrected chi connectivity index (χ1v) is 4.33. The molecule has 15 heavy (non-hydrogen) atoms. The van der Waals surface area contributed by atoms with Gasteiger partial charge >= 0.3 is 5.97 Å². The van der Waals surface area contributed by atoms with Crippen molar-refractivity contribution in [3.8, 4) is 0 Å². The number of hydrogen-bond acceptors (Lipinski definition) is 3. The monoisotopic (exact) mass is 208 g/mol. The first-order chi connectivity index (χ1) is 7.04. The lowest BCUT2D eigenvalue weighted by atomic mass is 9.95. The van der Waals surface area contributed by atoms with Crippen LogP contribution in [0.2, 0.25) is 0 Å². The van der Waals surface area contributed by atoms with E-state index in [2.05, 4.69) is 0 Å². The topological polar surface area (TPSA) is 107 Å². The Bertz CT molecular complexity index is 350. The first-order valence-electron chi connectivity index (χ1n) is 4.33. The summed E-state index contributed by atoms with van der Waals surface area (Å²) < 4.78 is 0. The molecular weight excluding hydrogens is 196 g/mol. The number of nitrogens with one attached hydrogen (secondary N) is 1. The highest BCUT2D eigenvalue weighted by molar-refractivity contribution is 5.98. The molecule has 5 N–H and O–H groups in total. The van der Waals surface area contributed by atoms with Crippen molar-refractivity contribution in [2.24, 2.45) is 11.7 Å². The zero-order valence-electron chi connectivity index (χ0n) is 7.92. The second-order valence-corrected chi connectivity index (χ2v) is 3.13. The molecule has 0 spiro atoms. The molecule has 1 aromatic rings. The van der Waals surface area contributed by atoms with Crippen molar-refractivity contribution < 1.29 is 15.0 Å². The van der Waals surface area contributed by atoms with Gasteiger partial charge in [-0.2, -0.15) is 0 Å². The van der Waals surface area contributed by atoms with Crippen molar-refractivity contribution in [3.63, 3.8) is 0 Å². The number of aliphatic hydroxyl groups is 1. The molecule has 1 aromatic carbocycles. The average molecular weight is 208 g/mol. The Balaban J connectivity index is 2.96. The van der Waals surface area contributed by atoms with Gasteiger partial charge in [-0.05, 0) is 5.56 Å². The van der Waals surface area contributed by atoms with Crippen molar-refractivity contribution in [1.82, 2.24) is 0 Å². The van der Waals surface area contributed by atoms with Crippen LogP contribution in [0, 0.1) is 11.3 Å². The fraction of sp³-hybridized carbons (Fsp3) is 0.200. The smallest absolute Gasteiger partial charge is 0.317 e. The van der Waals surface area contributed by atoms with Gasteiger partial charge in [-0.1, -0.05) is 30.3 Å².